The molecule has 0 radical (unpaired) electrons. The molecule has 0 aliphatic heterocycles. The van der Waals surface area contributed by atoms with E-state index < -0.39 is 0 Å². The molecule has 1 heterocycles. The van der Waals surface area contributed by atoms with Crippen LogP contribution in [-0.2, 0) is 12.8 Å². The summed E-state index contributed by atoms with van der Waals surface area (Å²) in [5.74, 6) is -0.368. The summed E-state index contributed by atoms with van der Waals surface area (Å²) in [7, 11) is 0. The SMILES string of the molecule is O=C1c2cc3c(cc2C(=O)c2nccnc21)CCCC3. The Kier molecular flexibility index (Phi) is 2.33. The molecule has 0 amide bonds. The normalized spacial score (nSPS) is 16.4. The number of aryl methyl sites for hydroxylation is 2. The standard InChI is InChI=1S/C16H12N2O2/c19-15-11-7-9-3-1-2-4-10(9)8-12(11)16(20)14-13(15)17-5-6-18-14/h5-8H,1-4H2. The van der Waals surface area contributed by atoms with Gasteiger partial charge < -0.3 is 0 Å². The Labute approximate surface area is 115 Å². The summed E-state index contributed by atoms with van der Waals surface area (Å²) < 4.78 is 0. The van der Waals surface area contributed by atoms with Crippen molar-refractivity contribution in [2.24, 2.45) is 0 Å². The van der Waals surface area contributed by atoms with E-state index in [-0.39, 0.29) is 23.0 Å². The molecule has 2 aliphatic rings. The molecule has 1 aromatic heterocycles. The zero-order valence-corrected chi connectivity index (χ0v) is 10.8. The number of hydrogen-bond donors (Lipinski definition) is 0. The molecule has 1 aromatic carbocycles. The maximum Gasteiger partial charge on any atom is 0.214 e. The largest absolute Gasteiger partial charge is 0.287 e. The van der Waals surface area contributed by atoms with Gasteiger partial charge in [-0.3, -0.25) is 9.59 Å². The lowest BCUT2D eigenvalue weighted by atomic mass is 9.82. The van der Waals surface area contributed by atoms with E-state index in [4.69, 9.17) is 0 Å². The van der Waals surface area contributed by atoms with Gasteiger partial charge in [0, 0.05) is 23.5 Å². The molecule has 2 aromatic rings. The minimum atomic E-state index is -0.184. The van der Waals surface area contributed by atoms with Crippen molar-refractivity contribution in [2.45, 2.75) is 25.7 Å². The van der Waals surface area contributed by atoms with Crippen LogP contribution in [0.25, 0.3) is 0 Å². The van der Waals surface area contributed by atoms with E-state index in [9.17, 15) is 9.59 Å². The first kappa shape index (κ1) is 11.5. The predicted molar refractivity (Wildman–Crippen MR) is 72.0 cm³/mol. The highest BCUT2D eigenvalue weighted by molar-refractivity contribution is 6.27. The van der Waals surface area contributed by atoms with E-state index in [1.807, 2.05) is 12.1 Å². The fourth-order valence-corrected chi connectivity index (χ4v) is 3.09. The number of benzene rings is 1. The van der Waals surface area contributed by atoms with Crippen LogP contribution < -0.4 is 0 Å². The molecule has 4 nitrogen and oxygen atoms in total. The molecule has 2 aliphatic carbocycles. The molecule has 0 atom stereocenters. The smallest absolute Gasteiger partial charge is 0.214 e. The number of carbonyl (C=O) groups excluding carboxylic acids is 2. The summed E-state index contributed by atoms with van der Waals surface area (Å²) in [6.07, 6.45) is 7.16. The van der Waals surface area contributed by atoms with E-state index in [1.54, 1.807) is 0 Å². The highest BCUT2D eigenvalue weighted by atomic mass is 16.1. The molecule has 0 spiro atoms. The average Bonchev–Trinajstić information content (AvgIpc) is 2.51. The van der Waals surface area contributed by atoms with Crippen molar-refractivity contribution in [2.75, 3.05) is 0 Å². The molecule has 0 saturated carbocycles. The third-order valence-electron chi connectivity index (χ3n) is 4.10. The number of hydrogen-bond acceptors (Lipinski definition) is 4. The first-order chi connectivity index (χ1) is 9.75. The van der Waals surface area contributed by atoms with Crippen LogP contribution in [0.3, 0.4) is 0 Å². The van der Waals surface area contributed by atoms with Crippen molar-refractivity contribution in [3.8, 4) is 0 Å². The van der Waals surface area contributed by atoms with Crippen molar-refractivity contribution in [1.82, 2.24) is 9.97 Å². The second kappa shape index (κ2) is 4.07. The number of carbonyl (C=O) groups is 2. The van der Waals surface area contributed by atoms with E-state index in [0.717, 1.165) is 25.7 Å². The van der Waals surface area contributed by atoms with Gasteiger partial charge in [-0.25, -0.2) is 9.97 Å². The van der Waals surface area contributed by atoms with Gasteiger partial charge in [0.05, 0.1) is 0 Å². The van der Waals surface area contributed by atoms with E-state index >= 15 is 0 Å². The maximum atomic E-state index is 12.5. The van der Waals surface area contributed by atoms with Crippen LogP contribution in [0.2, 0.25) is 0 Å². The summed E-state index contributed by atoms with van der Waals surface area (Å²) in [6.45, 7) is 0. The minimum Gasteiger partial charge on any atom is -0.287 e. The van der Waals surface area contributed by atoms with Crippen LogP contribution in [0.1, 0.15) is 56.1 Å². The van der Waals surface area contributed by atoms with Gasteiger partial charge in [0.15, 0.2) is 0 Å². The Bertz CT molecular complexity index is 701. The summed E-state index contributed by atoms with van der Waals surface area (Å²) in [4.78, 5) is 33.0. The van der Waals surface area contributed by atoms with Gasteiger partial charge in [-0.15, -0.1) is 0 Å². The molecule has 0 unspecified atom stereocenters. The number of fused-ring (bicyclic) bond motifs is 3. The van der Waals surface area contributed by atoms with Gasteiger partial charge in [0.1, 0.15) is 11.4 Å². The van der Waals surface area contributed by atoms with E-state index in [2.05, 4.69) is 9.97 Å². The van der Waals surface area contributed by atoms with Crippen molar-refractivity contribution in [3.05, 3.63) is 58.2 Å². The number of aromatic nitrogens is 2. The highest BCUT2D eigenvalue weighted by Crippen LogP contribution is 2.30. The summed E-state index contributed by atoms with van der Waals surface area (Å²) in [6, 6.07) is 3.78. The fraction of sp³-hybridized carbons (Fsp3) is 0.250. The molecule has 4 heteroatoms. The summed E-state index contributed by atoms with van der Waals surface area (Å²) in [5.41, 5.74) is 3.74. The molecule has 98 valence electrons. The van der Waals surface area contributed by atoms with Crippen LogP contribution in [-0.4, -0.2) is 21.5 Å². The van der Waals surface area contributed by atoms with Crippen molar-refractivity contribution in [3.63, 3.8) is 0 Å². The zero-order valence-electron chi connectivity index (χ0n) is 10.8. The van der Waals surface area contributed by atoms with Crippen molar-refractivity contribution < 1.29 is 9.59 Å². The minimum absolute atomic E-state index is 0.181. The quantitative estimate of drug-likeness (QED) is 0.624. The Morgan fingerprint density at radius 1 is 0.750 bits per heavy atom. The van der Waals surface area contributed by atoms with Gasteiger partial charge in [-0.2, -0.15) is 0 Å². The van der Waals surface area contributed by atoms with Crippen molar-refractivity contribution in [1.29, 1.82) is 0 Å². The molecular weight excluding hydrogens is 252 g/mol. The lowest BCUT2D eigenvalue weighted by Gasteiger charge is -2.21. The number of ketones is 2. The lowest BCUT2D eigenvalue weighted by Crippen LogP contribution is -2.24. The monoisotopic (exact) mass is 264 g/mol. The first-order valence-electron chi connectivity index (χ1n) is 6.82. The Hall–Kier alpha value is -2.36. The van der Waals surface area contributed by atoms with E-state index in [1.165, 1.54) is 23.5 Å². The molecule has 0 fully saturated rings. The number of rotatable bonds is 0. The zero-order chi connectivity index (χ0) is 13.7. The molecule has 20 heavy (non-hydrogen) atoms. The molecule has 0 bridgehead atoms. The van der Waals surface area contributed by atoms with Gasteiger partial charge >= 0.3 is 0 Å². The van der Waals surface area contributed by atoms with Gasteiger partial charge in [0.25, 0.3) is 0 Å². The third kappa shape index (κ3) is 1.48. The van der Waals surface area contributed by atoms with Crippen molar-refractivity contribution >= 4 is 11.6 Å². The summed E-state index contributed by atoms with van der Waals surface area (Å²) in [5, 5.41) is 0. The van der Waals surface area contributed by atoms with Crippen LogP contribution >= 0.6 is 0 Å². The van der Waals surface area contributed by atoms with Crippen LogP contribution in [0.4, 0.5) is 0 Å². The highest BCUT2D eigenvalue weighted by Gasteiger charge is 2.33. The topological polar surface area (TPSA) is 59.9 Å². The third-order valence-corrected chi connectivity index (χ3v) is 4.10. The fourth-order valence-electron chi connectivity index (χ4n) is 3.09. The van der Waals surface area contributed by atoms with Gasteiger partial charge in [-0.1, -0.05) is 0 Å². The van der Waals surface area contributed by atoms with Gasteiger partial charge in [0.2, 0.25) is 11.6 Å². The number of nitrogens with zero attached hydrogens (tertiary/aromatic N) is 2. The Morgan fingerprint density at radius 3 is 1.65 bits per heavy atom. The van der Waals surface area contributed by atoms with Crippen LogP contribution in [0.5, 0.6) is 0 Å². The molecule has 0 N–H and O–H groups in total. The maximum absolute atomic E-state index is 12.5. The molecule has 4 rings (SSSR count). The van der Waals surface area contributed by atoms with Crippen LogP contribution in [0, 0.1) is 0 Å². The average molecular weight is 264 g/mol. The van der Waals surface area contributed by atoms with Crippen LogP contribution in [0.15, 0.2) is 24.5 Å². The molecule has 0 saturated heterocycles. The Morgan fingerprint density at radius 2 is 1.20 bits per heavy atom. The molecular formula is C16H12N2O2. The Balaban J connectivity index is 1.97. The second-order valence-corrected chi connectivity index (χ2v) is 5.29. The second-order valence-electron chi connectivity index (χ2n) is 5.29. The summed E-state index contributed by atoms with van der Waals surface area (Å²) >= 11 is 0. The van der Waals surface area contributed by atoms with E-state index in [0.29, 0.717) is 11.1 Å². The predicted octanol–water partition coefficient (Wildman–Crippen LogP) is 2.13. The van der Waals surface area contributed by atoms with Gasteiger partial charge in [-0.05, 0) is 48.9 Å². The first-order valence-corrected chi connectivity index (χ1v) is 6.82. The lowest BCUT2D eigenvalue weighted by molar-refractivity contribution is 0.0971.